The zero-order valence-electron chi connectivity index (χ0n) is 21.3. The van der Waals surface area contributed by atoms with E-state index in [9.17, 15) is 4.79 Å². The standard InChI is InChI=1S/C30H25BrF2N4O2S/c31-18-4-1-3-17(13-18)28-26-16-35-30(36-26)22-14-19(6-7-23(22)32)39-29-21(9-12-40-11-2-5-27(38)37-28)20-8-10-34-25(20)15-24(29)33/h1,3-4,6-8,10,13-16,28,34H,2,5,9,11-12H2,(H,35,36)(H,37,38). The van der Waals surface area contributed by atoms with E-state index in [4.69, 9.17) is 4.74 Å². The van der Waals surface area contributed by atoms with Crippen LogP contribution in [0.15, 0.2) is 71.5 Å². The number of hydrogen-bond donors (Lipinski definition) is 3. The van der Waals surface area contributed by atoms with Crippen LogP contribution in [0.5, 0.6) is 11.5 Å². The predicted octanol–water partition coefficient (Wildman–Crippen LogP) is 7.67. The Morgan fingerprint density at radius 3 is 2.80 bits per heavy atom. The number of aryl methyl sites for hydroxylation is 1. The first-order valence-corrected chi connectivity index (χ1v) is 14.8. The highest BCUT2D eigenvalue weighted by Crippen LogP contribution is 2.37. The number of thioether (sulfide) groups is 1. The summed E-state index contributed by atoms with van der Waals surface area (Å²) < 4.78 is 37.4. The second-order valence-corrected chi connectivity index (χ2v) is 11.7. The van der Waals surface area contributed by atoms with Gasteiger partial charge < -0.3 is 20.0 Å². The van der Waals surface area contributed by atoms with Crippen LogP contribution in [0.3, 0.4) is 0 Å². The molecule has 1 amide bonds. The van der Waals surface area contributed by atoms with Crippen molar-refractivity contribution in [2.24, 2.45) is 0 Å². The normalized spacial score (nSPS) is 16.5. The Morgan fingerprint density at radius 1 is 1.02 bits per heavy atom. The number of H-pyrrole nitrogens is 2. The molecule has 4 bridgehead atoms. The molecule has 0 spiro atoms. The number of rotatable bonds is 1. The lowest BCUT2D eigenvalue weighted by Gasteiger charge is -2.19. The van der Waals surface area contributed by atoms with Crippen LogP contribution >= 0.6 is 27.7 Å². The molecule has 2 aromatic heterocycles. The fourth-order valence-electron chi connectivity index (χ4n) is 4.94. The number of fused-ring (bicyclic) bond motifs is 8. The quantitative estimate of drug-likeness (QED) is 0.179. The summed E-state index contributed by atoms with van der Waals surface area (Å²) in [5, 5.41) is 3.99. The van der Waals surface area contributed by atoms with Crippen LogP contribution < -0.4 is 10.1 Å². The van der Waals surface area contributed by atoms with Crippen molar-refractivity contribution in [2.75, 3.05) is 11.5 Å². The summed E-state index contributed by atoms with van der Waals surface area (Å²) in [6, 6.07) is 14.7. The van der Waals surface area contributed by atoms with Crippen molar-refractivity contribution in [1.29, 1.82) is 0 Å². The van der Waals surface area contributed by atoms with Crippen molar-refractivity contribution < 1.29 is 18.3 Å². The maximum absolute atomic E-state index is 15.3. The molecule has 1 aliphatic rings. The first-order valence-electron chi connectivity index (χ1n) is 12.9. The predicted molar refractivity (Wildman–Crippen MR) is 157 cm³/mol. The number of aromatic nitrogens is 3. The molecule has 3 N–H and O–H groups in total. The van der Waals surface area contributed by atoms with Crippen LogP contribution in [0, 0.1) is 11.6 Å². The molecule has 6 rings (SSSR count). The summed E-state index contributed by atoms with van der Waals surface area (Å²) in [6.07, 6.45) is 4.98. The minimum absolute atomic E-state index is 0.0918. The minimum atomic E-state index is -0.510. The van der Waals surface area contributed by atoms with Crippen LogP contribution in [0.1, 0.15) is 35.7 Å². The number of nitrogens with one attached hydrogen (secondary N) is 3. The van der Waals surface area contributed by atoms with Gasteiger partial charge in [-0.05, 0) is 66.3 Å². The van der Waals surface area contributed by atoms with Gasteiger partial charge in [-0.25, -0.2) is 13.8 Å². The van der Waals surface area contributed by atoms with Crippen molar-refractivity contribution in [3.05, 3.63) is 99.9 Å². The van der Waals surface area contributed by atoms with Gasteiger partial charge in [0.2, 0.25) is 5.91 Å². The van der Waals surface area contributed by atoms with E-state index in [0.29, 0.717) is 30.5 Å². The number of benzene rings is 3. The summed E-state index contributed by atoms with van der Waals surface area (Å²) in [5.74, 6) is 1.10. The third kappa shape index (κ3) is 5.51. The second kappa shape index (κ2) is 11.5. The minimum Gasteiger partial charge on any atom is -0.454 e. The molecule has 6 nitrogen and oxygen atoms in total. The first-order chi connectivity index (χ1) is 19.5. The van der Waals surface area contributed by atoms with E-state index in [0.717, 1.165) is 32.5 Å². The molecule has 3 heterocycles. The topological polar surface area (TPSA) is 82.8 Å². The van der Waals surface area contributed by atoms with Gasteiger partial charge in [-0.15, -0.1) is 0 Å². The molecule has 0 aliphatic carbocycles. The van der Waals surface area contributed by atoms with Crippen LogP contribution in [0.25, 0.3) is 22.3 Å². The highest BCUT2D eigenvalue weighted by Gasteiger charge is 2.22. The maximum Gasteiger partial charge on any atom is 0.220 e. The van der Waals surface area contributed by atoms with Gasteiger partial charge in [0.25, 0.3) is 0 Å². The number of carbonyl (C=O) groups excluding carboxylic acids is 1. The van der Waals surface area contributed by atoms with Gasteiger partial charge >= 0.3 is 0 Å². The van der Waals surface area contributed by atoms with E-state index in [1.807, 2.05) is 30.3 Å². The Kier molecular flexibility index (Phi) is 7.62. The number of aromatic amines is 2. The number of ether oxygens (including phenoxy) is 1. The van der Waals surface area contributed by atoms with Gasteiger partial charge in [-0.1, -0.05) is 28.1 Å². The van der Waals surface area contributed by atoms with Crippen LogP contribution in [-0.2, 0) is 11.2 Å². The number of nitrogens with zero attached hydrogens (tertiary/aromatic N) is 1. The van der Waals surface area contributed by atoms with Crippen LogP contribution in [0.2, 0.25) is 0 Å². The SMILES string of the molecule is O=C1CCCSCCc2c(c(F)cc3[nH]ccc23)Oc2ccc(F)c(c2)-c2ncc([nH]2)C(c2cccc(Br)c2)N1. The monoisotopic (exact) mass is 622 g/mol. The van der Waals surface area contributed by atoms with Gasteiger partial charge in [-0.2, -0.15) is 11.8 Å². The highest BCUT2D eigenvalue weighted by molar-refractivity contribution is 9.10. The fourth-order valence-corrected chi connectivity index (χ4v) is 6.26. The van der Waals surface area contributed by atoms with E-state index in [-0.39, 0.29) is 28.8 Å². The largest absolute Gasteiger partial charge is 0.454 e. The van der Waals surface area contributed by atoms with E-state index >= 15 is 8.78 Å². The molecule has 1 unspecified atom stereocenters. The Labute approximate surface area is 242 Å². The number of imidazole rings is 1. The average molecular weight is 624 g/mol. The Balaban J connectivity index is 1.43. The summed E-state index contributed by atoms with van der Waals surface area (Å²) in [4.78, 5) is 23.7. The van der Waals surface area contributed by atoms with Gasteiger partial charge in [0.15, 0.2) is 11.6 Å². The number of halogens is 3. The third-order valence-corrected chi connectivity index (χ3v) is 8.43. The Hall–Kier alpha value is -3.63. The Bertz CT molecular complexity index is 1700. The molecule has 0 saturated carbocycles. The fraction of sp³-hybridized carbons (Fsp3) is 0.200. The van der Waals surface area contributed by atoms with Crippen molar-refractivity contribution >= 4 is 44.5 Å². The lowest BCUT2D eigenvalue weighted by Crippen LogP contribution is -2.29. The molecule has 3 aromatic carbocycles. The highest BCUT2D eigenvalue weighted by atomic mass is 79.9. The molecule has 40 heavy (non-hydrogen) atoms. The summed E-state index contributed by atoms with van der Waals surface area (Å²) in [5.41, 5.74) is 3.05. The van der Waals surface area contributed by atoms with Gasteiger partial charge in [-0.3, -0.25) is 4.79 Å². The lowest BCUT2D eigenvalue weighted by molar-refractivity contribution is -0.121. The zero-order valence-corrected chi connectivity index (χ0v) is 23.7. The van der Waals surface area contributed by atoms with Gasteiger partial charge in [0.05, 0.1) is 23.5 Å². The molecule has 0 fully saturated rings. The van der Waals surface area contributed by atoms with Crippen LogP contribution in [-0.4, -0.2) is 32.4 Å². The van der Waals surface area contributed by atoms with E-state index < -0.39 is 17.7 Å². The average Bonchev–Trinajstić information content (AvgIpc) is 3.61. The zero-order chi connectivity index (χ0) is 27.6. The van der Waals surface area contributed by atoms with Gasteiger partial charge in [0, 0.05) is 39.6 Å². The van der Waals surface area contributed by atoms with E-state index in [2.05, 4.69) is 36.2 Å². The molecule has 0 radical (unpaired) electrons. The molecule has 5 aromatic rings. The number of amides is 1. The molecule has 1 atom stereocenters. The van der Waals surface area contributed by atoms with Crippen molar-refractivity contribution in [1.82, 2.24) is 20.3 Å². The van der Waals surface area contributed by atoms with Gasteiger partial charge in [0.1, 0.15) is 17.4 Å². The molecule has 204 valence electrons. The summed E-state index contributed by atoms with van der Waals surface area (Å²) >= 11 is 5.21. The molecule has 10 heteroatoms. The number of carbonyl (C=O) groups is 1. The molecular formula is C30H25BrF2N4O2S. The van der Waals surface area contributed by atoms with Crippen molar-refractivity contribution in [3.63, 3.8) is 0 Å². The summed E-state index contributed by atoms with van der Waals surface area (Å²) in [6.45, 7) is 0. The van der Waals surface area contributed by atoms with Crippen LogP contribution in [0.4, 0.5) is 8.78 Å². The van der Waals surface area contributed by atoms with E-state index in [1.54, 1.807) is 24.2 Å². The van der Waals surface area contributed by atoms with Crippen molar-refractivity contribution in [3.8, 4) is 22.9 Å². The maximum atomic E-state index is 15.3. The lowest BCUT2D eigenvalue weighted by atomic mass is 10.0. The third-order valence-electron chi connectivity index (χ3n) is 6.86. The molecular weight excluding hydrogens is 598 g/mol. The molecule has 1 aliphatic heterocycles. The molecule has 0 saturated heterocycles. The second-order valence-electron chi connectivity index (χ2n) is 9.56. The summed E-state index contributed by atoms with van der Waals surface area (Å²) in [7, 11) is 0. The first kappa shape index (κ1) is 26.6. The smallest absolute Gasteiger partial charge is 0.220 e. The van der Waals surface area contributed by atoms with E-state index in [1.165, 1.54) is 24.3 Å². The Morgan fingerprint density at radius 2 is 1.93 bits per heavy atom. The number of hydrogen-bond acceptors (Lipinski definition) is 4. The van der Waals surface area contributed by atoms with Crippen molar-refractivity contribution in [2.45, 2.75) is 25.3 Å².